The fraction of sp³-hybridized carbons (Fsp3) is 1.00. The van der Waals surface area contributed by atoms with Gasteiger partial charge < -0.3 is 10.1 Å². The molecule has 0 radical (unpaired) electrons. The van der Waals surface area contributed by atoms with Gasteiger partial charge in [-0.15, -0.1) is 0 Å². The van der Waals surface area contributed by atoms with Crippen LogP contribution in [0.3, 0.4) is 0 Å². The zero-order valence-corrected chi connectivity index (χ0v) is 13.0. The second kappa shape index (κ2) is 5.37. The van der Waals surface area contributed by atoms with Gasteiger partial charge in [0.1, 0.15) is 0 Å². The van der Waals surface area contributed by atoms with Gasteiger partial charge in [0.25, 0.3) is 0 Å². The Kier molecular flexibility index (Phi) is 3.92. The minimum absolute atomic E-state index is 0.115. The Hall–Kier alpha value is -0.0800. The lowest BCUT2D eigenvalue weighted by Crippen LogP contribution is -2.49. The first-order chi connectivity index (χ1) is 9.09. The maximum atomic E-state index is 5.96. The molecule has 6 atom stereocenters. The van der Waals surface area contributed by atoms with Crippen molar-refractivity contribution >= 4 is 0 Å². The molecule has 1 saturated heterocycles. The van der Waals surface area contributed by atoms with Crippen LogP contribution in [0, 0.1) is 17.8 Å². The van der Waals surface area contributed by atoms with Crippen molar-refractivity contribution in [2.45, 2.75) is 83.4 Å². The average molecular weight is 265 g/mol. The number of fused-ring (bicyclic) bond motifs is 2. The quantitative estimate of drug-likeness (QED) is 0.836. The van der Waals surface area contributed by atoms with E-state index >= 15 is 0 Å². The van der Waals surface area contributed by atoms with E-state index in [1.54, 1.807) is 0 Å². The van der Waals surface area contributed by atoms with E-state index in [2.05, 4.69) is 26.1 Å². The van der Waals surface area contributed by atoms with Crippen molar-refractivity contribution in [2.24, 2.45) is 17.8 Å². The Morgan fingerprint density at radius 2 is 2.11 bits per heavy atom. The van der Waals surface area contributed by atoms with E-state index in [-0.39, 0.29) is 5.60 Å². The molecule has 3 rings (SSSR count). The molecule has 2 heteroatoms. The molecule has 0 aromatic rings. The van der Waals surface area contributed by atoms with Crippen molar-refractivity contribution in [3.8, 4) is 0 Å². The highest BCUT2D eigenvalue weighted by molar-refractivity contribution is 4.96. The van der Waals surface area contributed by atoms with Gasteiger partial charge in [0, 0.05) is 18.7 Å². The molecule has 1 heterocycles. The van der Waals surface area contributed by atoms with Gasteiger partial charge in [-0.2, -0.15) is 0 Å². The van der Waals surface area contributed by atoms with Crippen LogP contribution in [-0.4, -0.2) is 24.3 Å². The lowest BCUT2D eigenvalue weighted by atomic mass is 9.82. The second-order valence-electron chi connectivity index (χ2n) is 7.64. The van der Waals surface area contributed by atoms with Crippen LogP contribution in [0.15, 0.2) is 0 Å². The average Bonchev–Trinajstić information content (AvgIpc) is 3.01. The molecule has 0 spiro atoms. The van der Waals surface area contributed by atoms with E-state index < -0.39 is 0 Å². The summed E-state index contributed by atoms with van der Waals surface area (Å²) in [6, 6.07) is 1.38. The Morgan fingerprint density at radius 1 is 1.26 bits per heavy atom. The molecule has 3 fully saturated rings. The topological polar surface area (TPSA) is 21.3 Å². The summed E-state index contributed by atoms with van der Waals surface area (Å²) in [6.07, 6.45) is 9.55. The lowest BCUT2D eigenvalue weighted by molar-refractivity contribution is -0.0798. The van der Waals surface area contributed by atoms with Gasteiger partial charge in [0.15, 0.2) is 0 Å². The SMILES string of the molecule is CCC1(C)CC(NC(C)C2CC3CCC2C3)CCO1. The fourth-order valence-electron chi connectivity index (χ4n) is 4.92. The third kappa shape index (κ3) is 2.85. The molecular formula is C17H31NO. The Bertz CT molecular complexity index is 318. The van der Waals surface area contributed by atoms with Gasteiger partial charge in [0.2, 0.25) is 0 Å². The van der Waals surface area contributed by atoms with Crippen LogP contribution in [0.2, 0.25) is 0 Å². The summed E-state index contributed by atoms with van der Waals surface area (Å²) < 4.78 is 5.96. The van der Waals surface area contributed by atoms with Crippen molar-refractivity contribution < 1.29 is 4.74 Å². The van der Waals surface area contributed by atoms with Crippen LogP contribution in [0.25, 0.3) is 0 Å². The fourth-order valence-corrected chi connectivity index (χ4v) is 4.92. The second-order valence-corrected chi connectivity index (χ2v) is 7.64. The lowest BCUT2D eigenvalue weighted by Gasteiger charge is -2.40. The first-order valence-electron chi connectivity index (χ1n) is 8.49. The monoisotopic (exact) mass is 265 g/mol. The highest BCUT2D eigenvalue weighted by Crippen LogP contribution is 2.49. The summed E-state index contributed by atoms with van der Waals surface area (Å²) in [6.45, 7) is 7.90. The largest absolute Gasteiger partial charge is 0.375 e. The van der Waals surface area contributed by atoms with Crippen LogP contribution in [0.1, 0.15) is 65.7 Å². The molecule has 19 heavy (non-hydrogen) atoms. The Labute approximate surface area is 118 Å². The maximum Gasteiger partial charge on any atom is 0.0666 e. The Morgan fingerprint density at radius 3 is 2.74 bits per heavy atom. The molecule has 0 aromatic heterocycles. The zero-order valence-electron chi connectivity index (χ0n) is 13.0. The van der Waals surface area contributed by atoms with Gasteiger partial charge in [-0.3, -0.25) is 0 Å². The third-order valence-electron chi connectivity index (χ3n) is 6.28. The molecule has 1 aliphatic heterocycles. The summed E-state index contributed by atoms with van der Waals surface area (Å²) in [5.41, 5.74) is 0.115. The van der Waals surface area contributed by atoms with Gasteiger partial charge in [0.05, 0.1) is 5.60 Å². The van der Waals surface area contributed by atoms with E-state index in [4.69, 9.17) is 4.74 Å². The number of ether oxygens (including phenoxy) is 1. The smallest absolute Gasteiger partial charge is 0.0666 e. The van der Waals surface area contributed by atoms with Crippen LogP contribution in [-0.2, 0) is 4.74 Å². The molecule has 2 nitrogen and oxygen atoms in total. The first kappa shape index (κ1) is 13.9. The summed E-state index contributed by atoms with van der Waals surface area (Å²) in [5, 5.41) is 3.96. The molecule has 1 N–H and O–H groups in total. The van der Waals surface area contributed by atoms with Crippen molar-refractivity contribution in [3.63, 3.8) is 0 Å². The summed E-state index contributed by atoms with van der Waals surface area (Å²) in [4.78, 5) is 0. The van der Waals surface area contributed by atoms with Crippen molar-refractivity contribution in [2.75, 3.05) is 6.61 Å². The normalized spacial score (nSPS) is 47.5. The molecular weight excluding hydrogens is 234 g/mol. The van der Waals surface area contributed by atoms with Crippen LogP contribution < -0.4 is 5.32 Å². The van der Waals surface area contributed by atoms with Gasteiger partial charge in [-0.05, 0) is 70.1 Å². The minimum atomic E-state index is 0.115. The van der Waals surface area contributed by atoms with Crippen molar-refractivity contribution in [1.29, 1.82) is 0 Å². The summed E-state index contributed by atoms with van der Waals surface area (Å²) in [5.74, 6) is 3.05. The van der Waals surface area contributed by atoms with E-state index in [1.807, 2.05) is 0 Å². The molecule has 3 aliphatic rings. The molecule has 110 valence electrons. The zero-order chi connectivity index (χ0) is 13.5. The predicted molar refractivity (Wildman–Crippen MR) is 79.2 cm³/mol. The molecule has 0 amide bonds. The molecule has 0 aromatic carbocycles. The number of hydrogen-bond acceptors (Lipinski definition) is 2. The van der Waals surface area contributed by atoms with Gasteiger partial charge >= 0.3 is 0 Å². The molecule has 6 unspecified atom stereocenters. The molecule has 2 aliphatic carbocycles. The van der Waals surface area contributed by atoms with Gasteiger partial charge in [-0.1, -0.05) is 13.3 Å². The van der Waals surface area contributed by atoms with E-state index in [1.165, 1.54) is 38.5 Å². The van der Waals surface area contributed by atoms with Crippen LogP contribution >= 0.6 is 0 Å². The number of nitrogens with one attached hydrogen (secondary N) is 1. The highest BCUT2D eigenvalue weighted by atomic mass is 16.5. The van der Waals surface area contributed by atoms with E-state index in [0.29, 0.717) is 12.1 Å². The van der Waals surface area contributed by atoms with Crippen LogP contribution in [0.4, 0.5) is 0 Å². The molecule has 2 saturated carbocycles. The standard InChI is InChI=1S/C17H31NO/c1-4-17(3)11-15(7-8-19-17)18-12(2)16-10-13-5-6-14(16)9-13/h12-16,18H,4-11H2,1-3H3. The number of rotatable bonds is 4. The number of hydrogen-bond donors (Lipinski definition) is 1. The predicted octanol–water partition coefficient (Wildman–Crippen LogP) is 3.75. The van der Waals surface area contributed by atoms with E-state index in [9.17, 15) is 0 Å². The Balaban J connectivity index is 1.53. The minimum Gasteiger partial charge on any atom is -0.375 e. The molecule has 2 bridgehead atoms. The third-order valence-corrected chi connectivity index (χ3v) is 6.28. The van der Waals surface area contributed by atoms with Crippen LogP contribution in [0.5, 0.6) is 0 Å². The van der Waals surface area contributed by atoms with Gasteiger partial charge in [-0.25, -0.2) is 0 Å². The summed E-state index contributed by atoms with van der Waals surface area (Å²) in [7, 11) is 0. The maximum absolute atomic E-state index is 5.96. The van der Waals surface area contributed by atoms with E-state index in [0.717, 1.165) is 30.8 Å². The van der Waals surface area contributed by atoms with Crippen molar-refractivity contribution in [1.82, 2.24) is 5.32 Å². The highest BCUT2D eigenvalue weighted by Gasteiger charge is 2.42. The van der Waals surface area contributed by atoms with Crippen molar-refractivity contribution in [3.05, 3.63) is 0 Å². The first-order valence-corrected chi connectivity index (χ1v) is 8.49. The summed E-state index contributed by atoms with van der Waals surface area (Å²) >= 11 is 0.